The van der Waals surface area contributed by atoms with Crippen molar-refractivity contribution >= 4 is 5.91 Å². The highest BCUT2D eigenvalue weighted by Crippen LogP contribution is 2.16. The van der Waals surface area contributed by atoms with Crippen LogP contribution in [0.4, 0.5) is 0 Å². The molecule has 1 saturated heterocycles. The Bertz CT molecular complexity index is 458. The van der Waals surface area contributed by atoms with Gasteiger partial charge in [-0.3, -0.25) is 10.2 Å². The van der Waals surface area contributed by atoms with Gasteiger partial charge in [-0.1, -0.05) is 24.3 Å². The van der Waals surface area contributed by atoms with E-state index in [0.717, 1.165) is 26.1 Å². The molecule has 5 heteroatoms. The van der Waals surface area contributed by atoms with Crippen molar-refractivity contribution in [3.05, 3.63) is 35.4 Å². The van der Waals surface area contributed by atoms with Crippen LogP contribution in [-0.4, -0.2) is 43.3 Å². The number of hydrazine groups is 1. The third-order valence-corrected chi connectivity index (χ3v) is 3.68. The summed E-state index contributed by atoms with van der Waals surface area (Å²) in [4.78, 5) is 12.2. The van der Waals surface area contributed by atoms with E-state index < -0.39 is 0 Å². The second-order valence-electron chi connectivity index (χ2n) is 4.98. The van der Waals surface area contributed by atoms with Crippen molar-refractivity contribution < 1.29 is 9.53 Å². The van der Waals surface area contributed by atoms with Crippen molar-refractivity contribution in [3.63, 3.8) is 0 Å². The average Bonchev–Trinajstić information content (AvgIpc) is 2.48. The second kappa shape index (κ2) is 5.69. The number of benzene rings is 1. The summed E-state index contributed by atoms with van der Waals surface area (Å²) in [6.07, 6.45) is 0.756. The fraction of sp³-hybridized carbons (Fsp3) is 0.500. The first-order valence-electron chi connectivity index (χ1n) is 6.76. The largest absolute Gasteiger partial charge is 0.379 e. The zero-order valence-corrected chi connectivity index (χ0v) is 10.9. The Labute approximate surface area is 112 Å². The zero-order chi connectivity index (χ0) is 13.1. The van der Waals surface area contributed by atoms with Gasteiger partial charge in [0, 0.05) is 19.6 Å². The maximum atomic E-state index is 12.2. The molecule has 2 heterocycles. The van der Waals surface area contributed by atoms with Crippen molar-refractivity contribution in [3.8, 4) is 0 Å². The molecule has 0 spiro atoms. The van der Waals surface area contributed by atoms with E-state index in [9.17, 15) is 4.79 Å². The highest BCUT2D eigenvalue weighted by molar-refractivity contribution is 5.82. The van der Waals surface area contributed by atoms with Crippen LogP contribution in [0, 0.1) is 0 Å². The third-order valence-electron chi connectivity index (χ3n) is 3.68. The molecule has 0 saturated carbocycles. The van der Waals surface area contributed by atoms with Crippen molar-refractivity contribution in [1.82, 2.24) is 15.8 Å². The summed E-state index contributed by atoms with van der Waals surface area (Å²) in [7, 11) is 0. The number of nitrogens with one attached hydrogen (secondary N) is 2. The van der Waals surface area contributed by atoms with Crippen molar-refractivity contribution in [2.45, 2.75) is 19.0 Å². The number of hydrogen-bond acceptors (Lipinski definition) is 4. The van der Waals surface area contributed by atoms with Crippen LogP contribution in [0.15, 0.2) is 24.3 Å². The number of fused-ring (bicyclic) bond motifs is 1. The van der Waals surface area contributed by atoms with Gasteiger partial charge in [-0.05, 0) is 17.5 Å². The number of nitrogens with zero attached hydrogens (tertiary/aromatic N) is 1. The van der Waals surface area contributed by atoms with Crippen molar-refractivity contribution in [2.75, 3.05) is 26.3 Å². The molecule has 102 valence electrons. The maximum Gasteiger partial charge on any atom is 0.251 e. The molecule has 1 aromatic carbocycles. The zero-order valence-electron chi connectivity index (χ0n) is 10.9. The molecule has 1 aromatic rings. The van der Waals surface area contributed by atoms with E-state index in [1.165, 1.54) is 11.1 Å². The maximum absolute atomic E-state index is 12.2. The molecular weight excluding hydrogens is 242 g/mol. The molecule has 1 atom stereocenters. The van der Waals surface area contributed by atoms with Gasteiger partial charge in [-0.2, -0.15) is 0 Å². The molecule has 5 nitrogen and oxygen atoms in total. The predicted octanol–water partition coefficient (Wildman–Crippen LogP) is 0.0643. The van der Waals surface area contributed by atoms with Gasteiger partial charge >= 0.3 is 0 Å². The fourth-order valence-electron chi connectivity index (χ4n) is 2.55. The van der Waals surface area contributed by atoms with Crippen LogP contribution < -0.4 is 10.7 Å². The summed E-state index contributed by atoms with van der Waals surface area (Å²) < 4.78 is 5.26. The topological polar surface area (TPSA) is 53.6 Å². The number of hydrogen-bond donors (Lipinski definition) is 2. The molecule has 2 N–H and O–H groups in total. The molecule has 0 radical (unpaired) electrons. The highest BCUT2D eigenvalue weighted by atomic mass is 16.5. The van der Waals surface area contributed by atoms with Gasteiger partial charge in [0.2, 0.25) is 0 Å². The summed E-state index contributed by atoms with van der Waals surface area (Å²) in [6, 6.07) is 8.14. The van der Waals surface area contributed by atoms with E-state index in [0.29, 0.717) is 13.2 Å². The Morgan fingerprint density at radius 3 is 2.79 bits per heavy atom. The van der Waals surface area contributed by atoms with E-state index in [1.54, 1.807) is 0 Å². The minimum Gasteiger partial charge on any atom is -0.379 e. The molecule has 2 aliphatic heterocycles. The van der Waals surface area contributed by atoms with Gasteiger partial charge in [-0.25, -0.2) is 5.01 Å². The number of amides is 1. The Balaban J connectivity index is 1.59. The van der Waals surface area contributed by atoms with Gasteiger partial charge in [0.15, 0.2) is 0 Å². The molecule has 1 amide bonds. The van der Waals surface area contributed by atoms with Gasteiger partial charge < -0.3 is 10.1 Å². The first kappa shape index (κ1) is 12.6. The van der Waals surface area contributed by atoms with E-state index in [1.807, 2.05) is 17.1 Å². The van der Waals surface area contributed by atoms with Crippen LogP contribution in [0.25, 0.3) is 0 Å². The minimum atomic E-state index is -0.141. The Kier molecular flexibility index (Phi) is 3.77. The van der Waals surface area contributed by atoms with Crippen LogP contribution in [0.2, 0.25) is 0 Å². The summed E-state index contributed by atoms with van der Waals surface area (Å²) in [5, 5.41) is 5.23. The first-order valence-corrected chi connectivity index (χ1v) is 6.76. The van der Waals surface area contributed by atoms with Gasteiger partial charge in [-0.15, -0.1) is 0 Å². The monoisotopic (exact) mass is 261 g/mol. The lowest BCUT2D eigenvalue weighted by atomic mass is 9.96. The normalized spacial score (nSPS) is 23.7. The molecule has 2 aliphatic rings. The molecular formula is C14H19N3O2. The van der Waals surface area contributed by atoms with Crippen LogP contribution in [0.3, 0.4) is 0 Å². The van der Waals surface area contributed by atoms with Crippen molar-refractivity contribution in [1.29, 1.82) is 0 Å². The van der Waals surface area contributed by atoms with Gasteiger partial charge in [0.25, 0.3) is 5.91 Å². The first-order chi connectivity index (χ1) is 9.33. The van der Waals surface area contributed by atoms with Crippen LogP contribution in [0.1, 0.15) is 11.1 Å². The lowest BCUT2D eigenvalue weighted by molar-refractivity contribution is -0.130. The van der Waals surface area contributed by atoms with E-state index in [4.69, 9.17) is 4.74 Å². The standard InChI is InChI=1S/C14H19N3O2/c18-14(16-17-5-7-19-8-6-17)13-9-11-3-1-2-4-12(11)10-15-13/h1-4,13,15H,5-10H2,(H,16,18)/t13-/m1/s1. The SMILES string of the molecule is O=C(NN1CCOCC1)[C@H]1Cc2ccccc2CN1. The van der Waals surface area contributed by atoms with Gasteiger partial charge in [0.05, 0.1) is 19.3 Å². The fourth-order valence-corrected chi connectivity index (χ4v) is 2.55. The lowest BCUT2D eigenvalue weighted by Gasteiger charge is -2.31. The second-order valence-corrected chi connectivity index (χ2v) is 4.98. The Hall–Kier alpha value is -1.43. The van der Waals surface area contributed by atoms with Crippen LogP contribution in [-0.2, 0) is 22.5 Å². The summed E-state index contributed by atoms with van der Waals surface area (Å²) in [6.45, 7) is 3.64. The number of ether oxygens (including phenoxy) is 1. The molecule has 19 heavy (non-hydrogen) atoms. The molecule has 0 aromatic heterocycles. The smallest absolute Gasteiger partial charge is 0.251 e. The molecule has 3 rings (SSSR count). The summed E-state index contributed by atoms with van der Waals surface area (Å²) in [5.41, 5.74) is 5.53. The number of carbonyl (C=O) groups is 1. The molecule has 0 aliphatic carbocycles. The van der Waals surface area contributed by atoms with E-state index >= 15 is 0 Å². The highest BCUT2D eigenvalue weighted by Gasteiger charge is 2.25. The van der Waals surface area contributed by atoms with Crippen molar-refractivity contribution in [2.24, 2.45) is 0 Å². The summed E-state index contributed by atoms with van der Waals surface area (Å²) >= 11 is 0. The third kappa shape index (κ3) is 2.94. The average molecular weight is 261 g/mol. The number of morpholine rings is 1. The Morgan fingerprint density at radius 1 is 1.26 bits per heavy atom. The van der Waals surface area contributed by atoms with Crippen LogP contribution in [0.5, 0.6) is 0 Å². The van der Waals surface area contributed by atoms with E-state index in [-0.39, 0.29) is 11.9 Å². The minimum absolute atomic E-state index is 0.0522. The molecule has 1 fully saturated rings. The van der Waals surface area contributed by atoms with Gasteiger partial charge in [0.1, 0.15) is 0 Å². The van der Waals surface area contributed by atoms with Crippen LogP contribution >= 0.6 is 0 Å². The molecule has 0 unspecified atom stereocenters. The Morgan fingerprint density at radius 2 is 2.00 bits per heavy atom. The predicted molar refractivity (Wildman–Crippen MR) is 71.3 cm³/mol. The lowest BCUT2D eigenvalue weighted by Crippen LogP contribution is -2.55. The van der Waals surface area contributed by atoms with E-state index in [2.05, 4.69) is 22.9 Å². The number of rotatable bonds is 2. The molecule has 0 bridgehead atoms. The summed E-state index contributed by atoms with van der Waals surface area (Å²) in [5.74, 6) is 0.0522. The number of carbonyl (C=O) groups excluding carboxylic acids is 1. The quantitative estimate of drug-likeness (QED) is 0.791.